The first kappa shape index (κ1) is 17.8. The zero-order valence-electron chi connectivity index (χ0n) is 15.9. The van der Waals surface area contributed by atoms with Crippen LogP contribution in [0.5, 0.6) is 0 Å². The van der Waals surface area contributed by atoms with E-state index in [1.165, 1.54) is 6.42 Å². The summed E-state index contributed by atoms with van der Waals surface area (Å²) in [6.45, 7) is 4.81. The third-order valence-electron chi connectivity index (χ3n) is 6.11. The van der Waals surface area contributed by atoms with Gasteiger partial charge in [-0.25, -0.2) is 4.98 Å². The van der Waals surface area contributed by atoms with Gasteiger partial charge in [-0.15, -0.1) is 0 Å². The molecule has 0 aromatic carbocycles. The maximum atomic E-state index is 12.9. The minimum absolute atomic E-state index is 0.00665. The van der Waals surface area contributed by atoms with Gasteiger partial charge in [-0.1, -0.05) is 26.7 Å². The van der Waals surface area contributed by atoms with Crippen molar-refractivity contribution in [2.75, 3.05) is 0 Å². The second-order valence-corrected chi connectivity index (χ2v) is 7.76. The number of aryl methyl sites for hydroxylation is 1. The number of nitrogens with zero attached hydrogens (tertiary/aromatic N) is 3. The second kappa shape index (κ2) is 7.18. The predicted molar refractivity (Wildman–Crippen MR) is 106 cm³/mol. The Hall–Kier alpha value is -2.63. The van der Waals surface area contributed by atoms with E-state index in [2.05, 4.69) is 24.1 Å². The number of hydrogen-bond acceptors (Lipinski definition) is 3. The third-order valence-corrected chi connectivity index (χ3v) is 6.11. The lowest BCUT2D eigenvalue weighted by molar-refractivity contribution is -0.122. The fraction of sp³-hybridized carbons (Fsp3) is 0.476. The Morgan fingerprint density at radius 1 is 1.22 bits per heavy atom. The Kier molecular flexibility index (Phi) is 4.72. The van der Waals surface area contributed by atoms with Crippen molar-refractivity contribution in [1.29, 1.82) is 0 Å². The van der Waals surface area contributed by atoms with Gasteiger partial charge >= 0.3 is 0 Å². The monoisotopic (exact) mass is 366 g/mol. The van der Waals surface area contributed by atoms with Crippen LogP contribution in [0.2, 0.25) is 0 Å². The summed E-state index contributed by atoms with van der Waals surface area (Å²) in [7, 11) is 0. The van der Waals surface area contributed by atoms with Crippen LogP contribution in [0, 0.1) is 11.8 Å². The molecule has 1 fully saturated rings. The summed E-state index contributed by atoms with van der Waals surface area (Å²) < 4.78 is 3.48. The number of rotatable bonds is 4. The van der Waals surface area contributed by atoms with Crippen molar-refractivity contribution in [3.8, 4) is 0 Å². The quantitative estimate of drug-likeness (QED) is 0.772. The molecule has 27 heavy (non-hydrogen) atoms. The molecule has 1 amide bonds. The van der Waals surface area contributed by atoms with Gasteiger partial charge in [0.05, 0.1) is 5.52 Å². The van der Waals surface area contributed by atoms with Crippen LogP contribution < -0.4 is 10.9 Å². The topological polar surface area (TPSA) is 68.4 Å². The van der Waals surface area contributed by atoms with E-state index < -0.39 is 0 Å². The lowest BCUT2D eigenvalue weighted by Crippen LogP contribution is -2.44. The van der Waals surface area contributed by atoms with Crippen LogP contribution in [0.1, 0.15) is 39.5 Å². The normalized spacial score (nSPS) is 23.0. The minimum atomic E-state index is -0.112. The molecule has 142 valence electrons. The number of pyridine rings is 1. The summed E-state index contributed by atoms with van der Waals surface area (Å²) in [4.78, 5) is 29.8. The highest BCUT2D eigenvalue weighted by Crippen LogP contribution is 2.29. The van der Waals surface area contributed by atoms with Crippen molar-refractivity contribution in [1.82, 2.24) is 19.3 Å². The van der Waals surface area contributed by atoms with E-state index in [1.54, 1.807) is 16.8 Å². The highest BCUT2D eigenvalue weighted by atomic mass is 16.2. The van der Waals surface area contributed by atoms with Gasteiger partial charge in [-0.3, -0.25) is 14.2 Å². The Balaban J connectivity index is 1.55. The molecule has 3 aromatic rings. The molecular formula is C21H26N4O2. The highest BCUT2D eigenvalue weighted by Gasteiger charge is 2.28. The molecule has 1 saturated carbocycles. The first-order chi connectivity index (χ1) is 13.1. The Morgan fingerprint density at radius 3 is 2.89 bits per heavy atom. The molecule has 1 N–H and O–H groups in total. The Labute approximate surface area is 158 Å². The van der Waals surface area contributed by atoms with E-state index in [1.807, 2.05) is 28.8 Å². The Morgan fingerprint density at radius 2 is 2.04 bits per heavy atom. The summed E-state index contributed by atoms with van der Waals surface area (Å²) in [5.74, 6) is 1.13. The zero-order chi connectivity index (χ0) is 19.0. The van der Waals surface area contributed by atoms with Crippen molar-refractivity contribution < 1.29 is 4.79 Å². The standard InChI is InChI=1S/C21H26N4O2/c1-14-6-3-7-16(15(14)2)23-19(26)10-13-25-20-17(8-4-11-22-20)24-12-5-9-18(24)21(25)27/h4-5,8-9,11-12,14-16H,3,6-7,10,13H2,1-2H3,(H,23,26)/t14-,15-,16+/m1/s1. The van der Waals surface area contributed by atoms with Crippen molar-refractivity contribution in [3.05, 3.63) is 47.0 Å². The maximum absolute atomic E-state index is 12.9. The van der Waals surface area contributed by atoms with Gasteiger partial charge in [-0.05, 0) is 42.5 Å². The van der Waals surface area contributed by atoms with Gasteiger partial charge in [0.25, 0.3) is 5.56 Å². The number of carbonyl (C=O) groups is 1. The lowest BCUT2D eigenvalue weighted by atomic mass is 9.78. The van der Waals surface area contributed by atoms with Crippen LogP contribution in [-0.4, -0.2) is 25.9 Å². The maximum Gasteiger partial charge on any atom is 0.276 e. The lowest BCUT2D eigenvalue weighted by Gasteiger charge is -2.34. The average Bonchev–Trinajstić information content (AvgIpc) is 3.16. The van der Waals surface area contributed by atoms with Crippen molar-refractivity contribution >= 4 is 22.6 Å². The third kappa shape index (κ3) is 3.24. The van der Waals surface area contributed by atoms with Crippen LogP contribution in [-0.2, 0) is 11.3 Å². The predicted octanol–water partition coefficient (Wildman–Crippen LogP) is 2.98. The summed E-state index contributed by atoms with van der Waals surface area (Å²) >= 11 is 0. The fourth-order valence-electron chi connectivity index (χ4n) is 4.27. The molecule has 0 spiro atoms. The van der Waals surface area contributed by atoms with E-state index in [-0.39, 0.29) is 23.9 Å². The molecule has 6 nitrogen and oxygen atoms in total. The molecule has 4 rings (SSSR count). The number of aromatic nitrogens is 3. The molecule has 1 aliphatic rings. The number of fused-ring (bicyclic) bond motifs is 3. The first-order valence-corrected chi connectivity index (χ1v) is 9.80. The molecule has 3 heterocycles. The van der Waals surface area contributed by atoms with Crippen molar-refractivity contribution in [2.45, 2.75) is 52.1 Å². The van der Waals surface area contributed by atoms with E-state index >= 15 is 0 Å². The Bertz CT molecular complexity index is 1040. The fourth-order valence-corrected chi connectivity index (χ4v) is 4.27. The number of amides is 1. The molecule has 3 atom stereocenters. The van der Waals surface area contributed by atoms with Gasteiger partial charge in [0.1, 0.15) is 5.52 Å². The number of nitrogens with one attached hydrogen (secondary N) is 1. The smallest absolute Gasteiger partial charge is 0.276 e. The summed E-state index contributed by atoms with van der Waals surface area (Å²) in [6.07, 6.45) is 7.26. The van der Waals surface area contributed by atoms with Gasteiger partial charge in [0.2, 0.25) is 5.91 Å². The van der Waals surface area contributed by atoms with Crippen LogP contribution in [0.25, 0.3) is 16.7 Å². The molecule has 3 aromatic heterocycles. The largest absolute Gasteiger partial charge is 0.353 e. The van der Waals surface area contributed by atoms with Crippen LogP contribution in [0.15, 0.2) is 41.5 Å². The zero-order valence-corrected chi connectivity index (χ0v) is 15.9. The first-order valence-electron chi connectivity index (χ1n) is 9.80. The molecule has 0 saturated heterocycles. The molecular weight excluding hydrogens is 340 g/mol. The average molecular weight is 366 g/mol. The minimum Gasteiger partial charge on any atom is -0.353 e. The van der Waals surface area contributed by atoms with Crippen LogP contribution >= 0.6 is 0 Å². The molecule has 0 unspecified atom stereocenters. The molecule has 0 bridgehead atoms. The van der Waals surface area contributed by atoms with Gasteiger partial charge in [0.15, 0.2) is 5.65 Å². The SMILES string of the molecule is C[C@@H]1[C@H](C)CCC[C@@H]1NC(=O)CCn1c(=O)c2cccn2c2cccnc21. The van der Waals surface area contributed by atoms with Gasteiger partial charge in [-0.2, -0.15) is 0 Å². The van der Waals surface area contributed by atoms with Crippen molar-refractivity contribution in [2.24, 2.45) is 11.8 Å². The summed E-state index contributed by atoms with van der Waals surface area (Å²) in [6, 6.07) is 7.69. The van der Waals surface area contributed by atoms with E-state index in [0.717, 1.165) is 18.4 Å². The van der Waals surface area contributed by atoms with Gasteiger partial charge < -0.3 is 9.72 Å². The summed E-state index contributed by atoms with van der Waals surface area (Å²) in [5.41, 5.74) is 1.97. The molecule has 0 aliphatic heterocycles. The van der Waals surface area contributed by atoms with E-state index in [0.29, 0.717) is 29.5 Å². The van der Waals surface area contributed by atoms with Crippen LogP contribution in [0.3, 0.4) is 0 Å². The molecule has 1 aliphatic carbocycles. The molecule has 6 heteroatoms. The summed E-state index contributed by atoms with van der Waals surface area (Å²) in [5, 5.41) is 3.19. The number of hydrogen-bond donors (Lipinski definition) is 1. The second-order valence-electron chi connectivity index (χ2n) is 7.76. The molecule has 0 radical (unpaired) electrons. The number of carbonyl (C=O) groups excluding carboxylic acids is 1. The van der Waals surface area contributed by atoms with Gasteiger partial charge in [0, 0.05) is 31.4 Å². The van der Waals surface area contributed by atoms with Crippen molar-refractivity contribution in [3.63, 3.8) is 0 Å². The van der Waals surface area contributed by atoms with Crippen LogP contribution in [0.4, 0.5) is 0 Å². The van der Waals surface area contributed by atoms with E-state index in [4.69, 9.17) is 0 Å². The van der Waals surface area contributed by atoms with E-state index in [9.17, 15) is 9.59 Å². The highest BCUT2D eigenvalue weighted by molar-refractivity contribution is 5.77.